The van der Waals surface area contributed by atoms with Crippen LogP contribution in [0.15, 0.2) is 24.3 Å². The first-order valence-electron chi connectivity index (χ1n) is 14.0. The van der Waals surface area contributed by atoms with Crippen molar-refractivity contribution in [2.45, 2.75) is 111 Å². The van der Waals surface area contributed by atoms with E-state index in [9.17, 15) is 5.11 Å². The summed E-state index contributed by atoms with van der Waals surface area (Å²) in [6.45, 7) is 14.1. The Kier molecular flexibility index (Phi) is 8.01. The fourth-order valence-corrected chi connectivity index (χ4v) is 8.00. The second kappa shape index (κ2) is 10.7. The molecule has 2 saturated carbocycles. The zero-order valence-electron chi connectivity index (χ0n) is 23.3. The van der Waals surface area contributed by atoms with Crippen LogP contribution >= 0.6 is 0 Å². The Morgan fingerprint density at radius 3 is 1.66 bits per heavy atom. The van der Waals surface area contributed by atoms with E-state index in [1.165, 1.54) is 84.7 Å². The smallest absolute Gasteiger partial charge is 0.122 e. The Morgan fingerprint density at radius 2 is 1.17 bits per heavy atom. The fourth-order valence-electron chi connectivity index (χ4n) is 8.00. The first-order valence-corrected chi connectivity index (χ1v) is 14.0. The highest BCUT2D eigenvalue weighted by Gasteiger charge is 2.41. The molecule has 0 spiro atoms. The first kappa shape index (κ1) is 26.3. The summed E-state index contributed by atoms with van der Waals surface area (Å²) in [6.07, 6.45) is 10.4. The van der Waals surface area contributed by atoms with Crippen molar-refractivity contribution in [1.29, 1.82) is 0 Å². The molecule has 0 bridgehead atoms. The number of ether oxygens (including phenoxy) is 1. The van der Waals surface area contributed by atoms with Crippen molar-refractivity contribution in [2.75, 3.05) is 7.11 Å². The SMILES string of the molecule is COc1cc(C)cc(C)c1C1CCC(C(C)(C)C2CCC(c3c(C)cc(C)cc3CO)CC2)CC1. The van der Waals surface area contributed by atoms with Gasteiger partial charge in [0.1, 0.15) is 5.75 Å². The Labute approximate surface area is 214 Å². The quantitative estimate of drug-likeness (QED) is 0.452. The van der Waals surface area contributed by atoms with Crippen molar-refractivity contribution in [3.63, 3.8) is 0 Å². The molecule has 0 aliphatic heterocycles. The molecule has 2 fully saturated rings. The van der Waals surface area contributed by atoms with Crippen LogP contribution in [0.3, 0.4) is 0 Å². The van der Waals surface area contributed by atoms with E-state index in [1.807, 2.05) is 7.11 Å². The van der Waals surface area contributed by atoms with Gasteiger partial charge in [-0.05, 0) is 142 Å². The highest BCUT2D eigenvalue weighted by atomic mass is 16.5. The third-order valence-corrected chi connectivity index (χ3v) is 9.88. The largest absolute Gasteiger partial charge is 0.496 e. The normalized spacial score (nSPS) is 25.5. The fraction of sp³-hybridized carbons (Fsp3) is 0.636. The van der Waals surface area contributed by atoms with Crippen LogP contribution in [0.1, 0.15) is 116 Å². The predicted octanol–water partition coefficient (Wildman–Crippen LogP) is 8.70. The lowest BCUT2D eigenvalue weighted by molar-refractivity contribution is 0.0509. The van der Waals surface area contributed by atoms with Gasteiger partial charge in [-0.3, -0.25) is 0 Å². The van der Waals surface area contributed by atoms with Crippen LogP contribution < -0.4 is 4.74 Å². The molecule has 2 heteroatoms. The van der Waals surface area contributed by atoms with E-state index in [2.05, 4.69) is 65.8 Å². The van der Waals surface area contributed by atoms with Gasteiger partial charge in [0.2, 0.25) is 0 Å². The number of aliphatic hydroxyl groups excluding tert-OH is 1. The van der Waals surface area contributed by atoms with Crippen molar-refractivity contribution < 1.29 is 9.84 Å². The Hall–Kier alpha value is -1.80. The van der Waals surface area contributed by atoms with Gasteiger partial charge < -0.3 is 9.84 Å². The lowest BCUT2D eigenvalue weighted by atomic mass is 9.58. The van der Waals surface area contributed by atoms with Crippen LogP contribution in [0.2, 0.25) is 0 Å². The number of aryl methyl sites for hydroxylation is 4. The van der Waals surface area contributed by atoms with Crippen molar-refractivity contribution in [3.05, 3.63) is 63.2 Å². The maximum Gasteiger partial charge on any atom is 0.122 e. The van der Waals surface area contributed by atoms with E-state index >= 15 is 0 Å². The van der Waals surface area contributed by atoms with Crippen LogP contribution in [-0.4, -0.2) is 12.2 Å². The predicted molar refractivity (Wildman–Crippen MR) is 147 cm³/mol. The third-order valence-electron chi connectivity index (χ3n) is 9.88. The average molecular weight is 477 g/mol. The zero-order chi connectivity index (χ0) is 25.3. The topological polar surface area (TPSA) is 29.5 Å². The van der Waals surface area contributed by atoms with Crippen molar-refractivity contribution in [3.8, 4) is 5.75 Å². The minimum Gasteiger partial charge on any atom is -0.496 e. The van der Waals surface area contributed by atoms with E-state index in [1.54, 1.807) is 0 Å². The summed E-state index contributed by atoms with van der Waals surface area (Å²) in [6, 6.07) is 9.04. The molecule has 1 N–H and O–H groups in total. The van der Waals surface area contributed by atoms with Crippen LogP contribution in [0.5, 0.6) is 5.75 Å². The molecule has 2 nitrogen and oxygen atoms in total. The van der Waals surface area contributed by atoms with E-state index in [4.69, 9.17) is 4.74 Å². The molecular formula is C33H48O2. The molecule has 0 aromatic heterocycles. The van der Waals surface area contributed by atoms with Crippen molar-refractivity contribution in [1.82, 2.24) is 0 Å². The van der Waals surface area contributed by atoms with Crippen molar-refractivity contribution in [2.24, 2.45) is 17.3 Å². The van der Waals surface area contributed by atoms with Gasteiger partial charge in [-0.1, -0.05) is 37.6 Å². The lowest BCUT2D eigenvalue weighted by Crippen LogP contribution is -2.37. The molecule has 35 heavy (non-hydrogen) atoms. The van der Waals surface area contributed by atoms with E-state index < -0.39 is 0 Å². The molecule has 0 saturated heterocycles. The monoisotopic (exact) mass is 476 g/mol. The van der Waals surface area contributed by atoms with E-state index in [0.29, 0.717) is 17.3 Å². The first-order chi connectivity index (χ1) is 16.6. The van der Waals surface area contributed by atoms with Gasteiger partial charge in [-0.2, -0.15) is 0 Å². The van der Waals surface area contributed by atoms with Crippen LogP contribution in [0.25, 0.3) is 0 Å². The highest BCUT2D eigenvalue weighted by Crippen LogP contribution is 2.53. The number of rotatable bonds is 6. The summed E-state index contributed by atoms with van der Waals surface area (Å²) in [5, 5.41) is 10.0. The molecule has 0 radical (unpaired) electrons. The number of hydrogen-bond acceptors (Lipinski definition) is 2. The summed E-state index contributed by atoms with van der Waals surface area (Å²) in [7, 11) is 1.82. The lowest BCUT2D eigenvalue weighted by Gasteiger charge is -2.47. The van der Waals surface area contributed by atoms with Gasteiger partial charge in [0.25, 0.3) is 0 Å². The summed E-state index contributed by atoms with van der Waals surface area (Å²) >= 11 is 0. The van der Waals surface area contributed by atoms with Gasteiger partial charge in [-0.25, -0.2) is 0 Å². The Balaban J connectivity index is 1.40. The Morgan fingerprint density at radius 1 is 0.714 bits per heavy atom. The molecule has 0 unspecified atom stereocenters. The van der Waals surface area contributed by atoms with Crippen LogP contribution in [0.4, 0.5) is 0 Å². The maximum absolute atomic E-state index is 10.0. The molecular weight excluding hydrogens is 428 g/mol. The second-order valence-electron chi connectivity index (χ2n) is 12.4. The number of aliphatic hydroxyl groups is 1. The second-order valence-corrected chi connectivity index (χ2v) is 12.4. The number of methoxy groups -OCH3 is 1. The van der Waals surface area contributed by atoms with Crippen molar-refractivity contribution >= 4 is 0 Å². The van der Waals surface area contributed by atoms with E-state index in [0.717, 1.165) is 23.1 Å². The van der Waals surface area contributed by atoms with Gasteiger partial charge in [0.05, 0.1) is 13.7 Å². The molecule has 0 heterocycles. The molecule has 2 aliphatic rings. The molecule has 0 amide bonds. The minimum atomic E-state index is 0.164. The third kappa shape index (κ3) is 5.33. The molecule has 2 aromatic rings. The summed E-state index contributed by atoms with van der Waals surface area (Å²) in [5.74, 6) is 3.95. The summed E-state index contributed by atoms with van der Waals surface area (Å²) < 4.78 is 5.81. The molecule has 0 atom stereocenters. The Bertz CT molecular complexity index is 936. The summed E-state index contributed by atoms with van der Waals surface area (Å²) in [4.78, 5) is 0. The number of benzene rings is 2. The summed E-state index contributed by atoms with van der Waals surface area (Å²) in [5.41, 5.74) is 9.78. The van der Waals surface area contributed by atoms with Crippen LogP contribution in [-0.2, 0) is 6.61 Å². The number of hydrogen-bond donors (Lipinski definition) is 1. The maximum atomic E-state index is 10.0. The molecule has 2 aromatic carbocycles. The standard InChI is InChI=1S/C33H48O2/c1-21-16-23(3)31(27(18-21)20-34)25-8-12-28(13-9-25)33(5,6)29-14-10-26(11-15-29)32-24(4)17-22(2)19-30(32)35-7/h16-19,25-26,28-29,34H,8-15,20H2,1-7H3. The molecule has 4 rings (SSSR count). The molecule has 192 valence electrons. The highest BCUT2D eigenvalue weighted by molar-refractivity contribution is 5.45. The zero-order valence-corrected chi connectivity index (χ0v) is 23.3. The van der Waals surface area contributed by atoms with Gasteiger partial charge in [-0.15, -0.1) is 0 Å². The van der Waals surface area contributed by atoms with Gasteiger partial charge >= 0.3 is 0 Å². The van der Waals surface area contributed by atoms with Gasteiger partial charge in [0, 0.05) is 5.56 Å². The average Bonchev–Trinajstić information content (AvgIpc) is 2.83. The van der Waals surface area contributed by atoms with Gasteiger partial charge in [0.15, 0.2) is 0 Å². The minimum absolute atomic E-state index is 0.164. The van der Waals surface area contributed by atoms with E-state index in [-0.39, 0.29) is 6.61 Å². The molecule has 2 aliphatic carbocycles. The van der Waals surface area contributed by atoms with Crippen LogP contribution in [0, 0.1) is 44.9 Å².